The van der Waals surface area contributed by atoms with Crippen LogP contribution in [0.25, 0.3) is 0 Å². The predicted molar refractivity (Wildman–Crippen MR) is 70.7 cm³/mol. The first-order valence-corrected chi connectivity index (χ1v) is 6.55. The van der Waals surface area contributed by atoms with E-state index >= 15 is 0 Å². The van der Waals surface area contributed by atoms with E-state index < -0.39 is 0 Å². The first-order valence-electron chi connectivity index (χ1n) is 6.55. The van der Waals surface area contributed by atoms with E-state index in [1.807, 2.05) is 11.0 Å². The van der Waals surface area contributed by atoms with Crippen molar-refractivity contribution in [1.82, 2.24) is 9.88 Å². The van der Waals surface area contributed by atoms with Crippen molar-refractivity contribution in [3.63, 3.8) is 0 Å². The number of piperidine rings is 1. The van der Waals surface area contributed by atoms with Crippen molar-refractivity contribution in [2.75, 3.05) is 31.6 Å². The van der Waals surface area contributed by atoms with E-state index in [1.165, 1.54) is 5.56 Å². The first-order chi connectivity index (χ1) is 8.62. The number of carbonyl (C=O) groups is 1. The van der Waals surface area contributed by atoms with E-state index in [4.69, 9.17) is 0 Å². The van der Waals surface area contributed by atoms with Crippen LogP contribution in [0, 0.1) is 0 Å². The number of anilines is 1. The Labute approximate surface area is 108 Å². The summed E-state index contributed by atoms with van der Waals surface area (Å²) in [6, 6.07) is 4.14. The molecule has 4 heteroatoms. The second-order valence-corrected chi connectivity index (χ2v) is 5.56. The molecule has 0 aliphatic carbocycles. The second kappa shape index (κ2) is 4.05. The van der Waals surface area contributed by atoms with Gasteiger partial charge in [0, 0.05) is 30.6 Å². The van der Waals surface area contributed by atoms with Gasteiger partial charge in [0.05, 0.1) is 0 Å². The molecule has 0 aromatic carbocycles. The van der Waals surface area contributed by atoms with Crippen LogP contribution in [0.2, 0.25) is 0 Å². The van der Waals surface area contributed by atoms with Gasteiger partial charge in [0.25, 0.3) is 0 Å². The molecule has 2 aliphatic heterocycles. The summed E-state index contributed by atoms with van der Waals surface area (Å²) in [7, 11) is 2.16. The summed E-state index contributed by atoms with van der Waals surface area (Å²) < 4.78 is 0. The van der Waals surface area contributed by atoms with Crippen molar-refractivity contribution in [2.24, 2.45) is 0 Å². The van der Waals surface area contributed by atoms with Crippen LogP contribution in [-0.4, -0.2) is 42.5 Å². The molecule has 0 N–H and O–H groups in total. The lowest BCUT2D eigenvalue weighted by Gasteiger charge is -2.38. The number of amides is 1. The highest BCUT2D eigenvalue weighted by Crippen LogP contribution is 2.45. The summed E-state index contributed by atoms with van der Waals surface area (Å²) in [4.78, 5) is 20.4. The maximum Gasteiger partial charge on any atom is 0.225 e. The molecule has 3 rings (SSSR count). The topological polar surface area (TPSA) is 36.4 Å². The van der Waals surface area contributed by atoms with Crippen LogP contribution in [-0.2, 0) is 10.2 Å². The number of hydrogen-bond acceptors (Lipinski definition) is 3. The summed E-state index contributed by atoms with van der Waals surface area (Å²) in [5, 5.41) is 0. The van der Waals surface area contributed by atoms with E-state index in [1.54, 1.807) is 13.1 Å². The number of rotatable bonds is 0. The van der Waals surface area contributed by atoms with E-state index in [9.17, 15) is 4.79 Å². The van der Waals surface area contributed by atoms with Crippen LogP contribution in [0.15, 0.2) is 18.3 Å². The summed E-state index contributed by atoms with van der Waals surface area (Å²) in [6.45, 7) is 4.63. The first kappa shape index (κ1) is 11.7. The Kier molecular flexibility index (Phi) is 2.63. The molecule has 0 radical (unpaired) electrons. The molecule has 1 spiro atoms. The van der Waals surface area contributed by atoms with Gasteiger partial charge >= 0.3 is 0 Å². The molecule has 1 amide bonds. The minimum absolute atomic E-state index is 0.103. The number of hydrogen-bond donors (Lipinski definition) is 0. The molecule has 1 aromatic rings. The molecule has 0 saturated carbocycles. The van der Waals surface area contributed by atoms with Gasteiger partial charge < -0.3 is 4.90 Å². The Hall–Kier alpha value is -1.42. The lowest BCUT2D eigenvalue weighted by atomic mass is 9.75. The molecule has 0 bridgehead atoms. The van der Waals surface area contributed by atoms with Crippen molar-refractivity contribution >= 4 is 11.7 Å². The standard InChI is InChI=1S/C14H19N3O/c1-11(18)17-10-14(5-8-16(2)9-6-14)12-4-3-7-15-13(12)17/h3-4,7H,5-6,8-10H2,1-2H3. The summed E-state index contributed by atoms with van der Waals surface area (Å²) in [6.07, 6.45) is 4.01. The predicted octanol–water partition coefficient (Wildman–Crippen LogP) is 1.41. The van der Waals surface area contributed by atoms with Crippen molar-refractivity contribution in [1.29, 1.82) is 0 Å². The number of fused-ring (bicyclic) bond motifs is 2. The minimum atomic E-state index is 0.103. The fourth-order valence-electron chi connectivity index (χ4n) is 3.22. The molecule has 0 atom stereocenters. The lowest BCUT2D eigenvalue weighted by Crippen LogP contribution is -2.44. The van der Waals surface area contributed by atoms with Crippen LogP contribution in [0.1, 0.15) is 25.3 Å². The third-order valence-corrected chi connectivity index (χ3v) is 4.40. The van der Waals surface area contributed by atoms with Crippen molar-refractivity contribution in [3.05, 3.63) is 23.9 Å². The highest BCUT2D eigenvalue weighted by molar-refractivity contribution is 5.93. The molecule has 0 unspecified atom stereocenters. The maximum atomic E-state index is 11.8. The molecule has 18 heavy (non-hydrogen) atoms. The number of pyridine rings is 1. The smallest absolute Gasteiger partial charge is 0.225 e. The fourth-order valence-corrected chi connectivity index (χ4v) is 3.22. The molecule has 3 heterocycles. The van der Waals surface area contributed by atoms with Gasteiger partial charge in [-0.05, 0) is 39.0 Å². The molecular weight excluding hydrogens is 226 g/mol. The van der Waals surface area contributed by atoms with Gasteiger partial charge in [0.1, 0.15) is 5.82 Å². The zero-order valence-electron chi connectivity index (χ0n) is 11.0. The van der Waals surface area contributed by atoms with E-state index in [-0.39, 0.29) is 11.3 Å². The normalized spacial score (nSPS) is 22.2. The second-order valence-electron chi connectivity index (χ2n) is 5.56. The van der Waals surface area contributed by atoms with Gasteiger partial charge in [-0.1, -0.05) is 6.07 Å². The molecule has 96 valence electrons. The Bertz CT molecular complexity index is 478. The van der Waals surface area contributed by atoms with Crippen LogP contribution >= 0.6 is 0 Å². The van der Waals surface area contributed by atoms with Gasteiger partial charge in [0.15, 0.2) is 0 Å². The third-order valence-electron chi connectivity index (χ3n) is 4.40. The van der Waals surface area contributed by atoms with Gasteiger partial charge in [-0.3, -0.25) is 9.69 Å². The molecule has 1 saturated heterocycles. The Morgan fingerprint density at radius 3 is 2.78 bits per heavy atom. The fraction of sp³-hybridized carbons (Fsp3) is 0.571. The molecule has 2 aliphatic rings. The van der Waals surface area contributed by atoms with Gasteiger partial charge in [-0.25, -0.2) is 4.98 Å². The van der Waals surface area contributed by atoms with E-state index in [0.29, 0.717) is 0 Å². The zero-order valence-corrected chi connectivity index (χ0v) is 11.0. The van der Waals surface area contributed by atoms with Crippen molar-refractivity contribution in [3.8, 4) is 0 Å². The van der Waals surface area contributed by atoms with Gasteiger partial charge in [-0.2, -0.15) is 0 Å². The van der Waals surface area contributed by atoms with Crippen molar-refractivity contribution in [2.45, 2.75) is 25.2 Å². The number of likely N-dealkylation sites (tertiary alicyclic amines) is 1. The van der Waals surface area contributed by atoms with E-state index in [2.05, 4.69) is 23.0 Å². The van der Waals surface area contributed by atoms with E-state index in [0.717, 1.165) is 38.3 Å². The highest BCUT2D eigenvalue weighted by Gasteiger charge is 2.45. The average molecular weight is 245 g/mol. The van der Waals surface area contributed by atoms with Crippen LogP contribution in [0.5, 0.6) is 0 Å². The molecule has 1 aromatic heterocycles. The molecular formula is C14H19N3O. The minimum Gasteiger partial charge on any atom is -0.306 e. The number of nitrogens with zero attached hydrogens (tertiary/aromatic N) is 3. The van der Waals surface area contributed by atoms with Gasteiger partial charge in [-0.15, -0.1) is 0 Å². The summed E-state index contributed by atoms with van der Waals surface area (Å²) >= 11 is 0. The number of aromatic nitrogens is 1. The van der Waals surface area contributed by atoms with Crippen molar-refractivity contribution < 1.29 is 4.79 Å². The Morgan fingerprint density at radius 1 is 1.39 bits per heavy atom. The number of carbonyl (C=O) groups excluding carboxylic acids is 1. The lowest BCUT2D eigenvalue weighted by molar-refractivity contribution is -0.116. The monoisotopic (exact) mass is 245 g/mol. The van der Waals surface area contributed by atoms with Crippen LogP contribution in [0.4, 0.5) is 5.82 Å². The Balaban J connectivity index is 2.02. The average Bonchev–Trinajstić information content (AvgIpc) is 2.69. The Morgan fingerprint density at radius 2 is 2.11 bits per heavy atom. The summed E-state index contributed by atoms with van der Waals surface area (Å²) in [5.74, 6) is 0.986. The molecule has 4 nitrogen and oxygen atoms in total. The zero-order chi connectivity index (χ0) is 12.8. The van der Waals surface area contributed by atoms with Crippen LogP contribution in [0.3, 0.4) is 0 Å². The largest absolute Gasteiger partial charge is 0.306 e. The molecule has 1 fully saturated rings. The SMILES string of the molecule is CC(=O)N1CC2(CCN(C)CC2)c2cccnc21. The summed E-state index contributed by atoms with van der Waals surface area (Å²) in [5.41, 5.74) is 1.41. The third kappa shape index (κ3) is 1.63. The maximum absolute atomic E-state index is 11.8. The van der Waals surface area contributed by atoms with Crippen LogP contribution < -0.4 is 4.90 Å². The highest BCUT2D eigenvalue weighted by atomic mass is 16.2. The van der Waals surface area contributed by atoms with Gasteiger partial charge in [0.2, 0.25) is 5.91 Å². The quantitative estimate of drug-likeness (QED) is 0.693.